The van der Waals surface area contributed by atoms with Crippen LogP contribution in [0.4, 0.5) is 19.0 Å². The topological polar surface area (TPSA) is 106 Å². The zero-order valence-corrected chi connectivity index (χ0v) is 18.5. The third-order valence-electron chi connectivity index (χ3n) is 6.19. The number of piperidine rings is 1. The van der Waals surface area contributed by atoms with Crippen LogP contribution < -0.4 is 15.3 Å². The summed E-state index contributed by atoms with van der Waals surface area (Å²) < 4.78 is 48.3. The molecule has 1 aromatic carbocycles. The number of fused-ring (bicyclic) bond motifs is 1. The molecule has 0 atom stereocenters. The molecule has 35 heavy (non-hydrogen) atoms. The van der Waals surface area contributed by atoms with Gasteiger partial charge in [0.2, 0.25) is 5.90 Å². The van der Waals surface area contributed by atoms with E-state index in [9.17, 15) is 23.2 Å². The SMILES string of the molecule is Cn1c(=O)nc(N2CCC3(CC2)COC(c2ccc(OC(F)(F)F)cc2)=N3)c2nc(C#N)ccc21. The molecule has 1 saturated heterocycles. The number of nitriles is 1. The fourth-order valence-electron chi connectivity index (χ4n) is 4.31. The molecule has 12 heteroatoms. The number of nitrogens with zero attached hydrogens (tertiary/aromatic N) is 6. The number of rotatable bonds is 3. The molecule has 2 aliphatic rings. The van der Waals surface area contributed by atoms with Gasteiger partial charge in [0.25, 0.3) is 0 Å². The molecule has 0 radical (unpaired) electrons. The van der Waals surface area contributed by atoms with Crippen molar-refractivity contribution in [3.8, 4) is 11.8 Å². The van der Waals surface area contributed by atoms with E-state index in [2.05, 4.69) is 14.7 Å². The van der Waals surface area contributed by atoms with Crippen molar-refractivity contribution >= 4 is 22.7 Å². The van der Waals surface area contributed by atoms with E-state index in [1.165, 1.54) is 28.8 Å². The predicted molar refractivity (Wildman–Crippen MR) is 119 cm³/mol. The second-order valence-corrected chi connectivity index (χ2v) is 8.44. The third kappa shape index (κ3) is 4.37. The van der Waals surface area contributed by atoms with Crippen LogP contribution in [0.25, 0.3) is 11.0 Å². The number of hydrogen-bond donors (Lipinski definition) is 0. The molecular weight excluding hydrogens is 465 g/mol. The van der Waals surface area contributed by atoms with Crippen molar-refractivity contribution in [3.05, 3.63) is 58.1 Å². The van der Waals surface area contributed by atoms with Crippen molar-refractivity contribution in [1.29, 1.82) is 5.26 Å². The first-order valence-corrected chi connectivity index (χ1v) is 10.8. The standard InChI is InChI=1S/C23H19F3N6O3/c1-31-17-7-4-15(12-27)28-18(17)19(29-21(31)33)32-10-8-22(9-11-32)13-34-20(30-22)14-2-5-16(6-3-14)35-23(24,25)26/h2-7H,8-11,13H2,1H3. The molecule has 3 aromatic rings. The summed E-state index contributed by atoms with van der Waals surface area (Å²) in [6.07, 6.45) is -3.53. The van der Waals surface area contributed by atoms with Gasteiger partial charge in [0.1, 0.15) is 35.2 Å². The Morgan fingerprint density at radius 2 is 1.83 bits per heavy atom. The van der Waals surface area contributed by atoms with Gasteiger partial charge in [-0.1, -0.05) is 0 Å². The molecule has 9 nitrogen and oxygen atoms in total. The fraction of sp³-hybridized carbons (Fsp3) is 0.348. The van der Waals surface area contributed by atoms with E-state index in [1.807, 2.05) is 11.0 Å². The number of ether oxygens (including phenoxy) is 2. The number of benzene rings is 1. The van der Waals surface area contributed by atoms with Gasteiger partial charge in [0, 0.05) is 25.7 Å². The fourth-order valence-corrected chi connectivity index (χ4v) is 4.31. The van der Waals surface area contributed by atoms with Crippen LogP contribution in [0.1, 0.15) is 24.1 Å². The molecule has 0 bridgehead atoms. The van der Waals surface area contributed by atoms with Crippen molar-refractivity contribution < 1.29 is 22.6 Å². The number of aromatic nitrogens is 3. The van der Waals surface area contributed by atoms with Crippen molar-refractivity contribution in [3.63, 3.8) is 0 Å². The van der Waals surface area contributed by atoms with Crippen LogP contribution in [0.3, 0.4) is 0 Å². The maximum Gasteiger partial charge on any atom is 0.573 e. The van der Waals surface area contributed by atoms with Crippen molar-refractivity contribution in [2.45, 2.75) is 24.7 Å². The molecule has 2 aromatic heterocycles. The van der Waals surface area contributed by atoms with E-state index in [-0.39, 0.29) is 11.4 Å². The van der Waals surface area contributed by atoms with Gasteiger partial charge in [0.15, 0.2) is 5.82 Å². The Morgan fingerprint density at radius 1 is 1.11 bits per heavy atom. The van der Waals surface area contributed by atoms with Crippen LogP contribution in [0.2, 0.25) is 0 Å². The highest BCUT2D eigenvalue weighted by Crippen LogP contribution is 2.35. The molecule has 0 unspecified atom stereocenters. The quantitative estimate of drug-likeness (QED) is 0.563. The van der Waals surface area contributed by atoms with Crippen LogP contribution in [-0.2, 0) is 11.8 Å². The average molecular weight is 484 g/mol. The Morgan fingerprint density at radius 3 is 2.49 bits per heavy atom. The smallest absolute Gasteiger partial charge is 0.475 e. The van der Waals surface area contributed by atoms with Gasteiger partial charge in [-0.2, -0.15) is 10.2 Å². The first-order chi connectivity index (χ1) is 16.7. The first kappa shape index (κ1) is 22.6. The van der Waals surface area contributed by atoms with Crippen LogP contribution in [0, 0.1) is 11.3 Å². The molecule has 2 aliphatic heterocycles. The average Bonchev–Trinajstić information content (AvgIpc) is 3.24. The van der Waals surface area contributed by atoms with E-state index in [0.717, 1.165) is 0 Å². The van der Waals surface area contributed by atoms with E-state index in [4.69, 9.17) is 9.73 Å². The maximum absolute atomic E-state index is 12.4. The van der Waals surface area contributed by atoms with Gasteiger partial charge >= 0.3 is 12.1 Å². The Labute approximate surface area is 197 Å². The number of hydrogen-bond acceptors (Lipinski definition) is 8. The molecular formula is C23H19F3N6O3. The lowest BCUT2D eigenvalue weighted by atomic mass is 9.89. The van der Waals surface area contributed by atoms with E-state index in [1.54, 1.807) is 19.2 Å². The molecule has 4 heterocycles. The third-order valence-corrected chi connectivity index (χ3v) is 6.19. The minimum absolute atomic E-state index is 0.234. The Kier molecular flexibility index (Phi) is 5.35. The highest BCUT2D eigenvalue weighted by molar-refractivity contribution is 5.95. The van der Waals surface area contributed by atoms with Crippen LogP contribution in [0.5, 0.6) is 5.75 Å². The highest BCUT2D eigenvalue weighted by atomic mass is 19.4. The van der Waals surface area contributed by atoms with Crippen LogP contribution in [0.15, 0.2) is 46.2 Å². The minimum Gasteiger partial charge on any atom is -0.475 e. The van der Waals surface area contributed by atoms with Crippen molar-refractivity contribution in [2.24, 2.45) is 12.0 Å². The van der Waals surface area contributed by atoms with Crippen LogP contribution >= 0.6 is 0 Å². The molecule has 180 valence electrons. The van der Waals surface area contributed by atoms with Gasteiger partial charge in [-0.15, -0.1) is 13.2 Å². The second kappa shape index (κ2) is 8.26. The molecule has 0 saturated carbocycles. The molecule has 0 aliphatic carbocycles. The summed E-state index contributed by atoms with van der Waals surface area (Å²) in [7, 11) is 1.61. The lowest BCUT2D eigenvalue weighted by molar-refractivity contribution is -0.274. The monoisotopic (exact) mass is 484 g/mol. The number of anilines is 1. The molecule has 1 fully saturated rings. The Bertz CT molecular complexity index is 1420. The summed E-state index contributed by atoms with van der Waals surface area (Å²) in [4.78, 5) is 27.7. The zero-order valence-electron chi connectivity index (χ0n) is 18.5. The Balaban J connectivity index is 1.36. The first-order valence-electron chi connectivity index (χ1n) is 10.8. The van der Waals surface area contributed by atoms with Crippen molar-refractivity contribution in [2.75, 3.05) is 24.6 Å². The van der Waals surface area contributed by atoms with Crippen molar-refractivity contribution in [1.82, 2.24) is 14.5 Å². The largest absolute Gasteiger partial charge is 0.573 e. The highest BCUT2D eigenvalue weighted by Gasteiger charge is 2.41. The summed E-state index contributed by atoms with van der Waals surface area (Å²) in [6.45, 7) is 1.41. The van der Waals surface area contributed by atoms with E-state index in [0.29, 0.717) is 60.9 Å². The Hall–Kier alpha value is -4.14. The lowest BCUT2D eigenvalue weighted by Gasteiger charge is -2.36. The van der Waals surface area contributed by atoms with Crippen LogP contribution in [-0.4, -0.2) is 52.0 Å². The lowest BCUT2D eigenvalue weighted by Crippen LogP contribution is -2.45. The summed E-state index contributed by atoms with van der Waals surface area (Å²) in [6, 6.07) is 10.6. The molecule has 0 amide bonds. The summed E-state index contributed by atoms with van der Waals surface area (Å²) in [5.74, 6) is 0.484. The molecule has 1 spiro atoms. The van der Waals surface area contributed by atoms with Gasteiger partial charge < -0.3 is 14.4 Å². The summed E-state index contributed by atoms with van der Waals surface area (Å²) in [5, 5.41) is 9.24. The minimum atomic E-state index is -4.75. The normalized spacial score (nSPS) is 17.2. The second-order valence-electron chi connectivity index (χ2n) is 8.44. The molecule has 0 N–H and O–H groups in total. The maximum atomic E-state index is 12.4. The van der Waals surface area contributed by atoms with E-state index < -0.39 is 17.6 Å². The zero-order chi connectivity index (χ0) is 24.8. The number of aryl methyl sites for hydroxylation is 1. The summed E-state index contributed by atoms with van der Waals surface area (Å²) in [5.41, 5.74) is 0.969. The molecule has 5 rings (SSSR count). The number of alkyl halides is 3. The number of halogens is 3. The predicted octanol–water partition coefficient (Wildman–Crippen LogP) is 2.91. The summed E-state index contributed by atoms with van der Waals surface area (Å²) >= 11 is 0. The number of aliphatic imine (C=N–C) groups is 1. The van der Waals surface area contributed by atoms with Gasteiger partial charge in [0.05, 0.1) is 5.52 Å². The van der Waals surface area contributed by atoms with Gasteiger partial charge in [-0.3, -0.25) is 4.57 Å². The van der Waals surface area contributed by atoms with Gasteiger partial charge in [-0.25, -0.2) is 14.8 Å². The van der Waals surface area contributed by atoms with Gasteiger partial charge in [-0.05, 0) is 49.2 Å². The number of pyridine rings is 1. The van der Waals surface area contributed by atoms with E-state index >= 15 is 0 Å².